The molecule has 0 atom stereocenters. The van der Waals surface area contributed by atoms with E-state index in [0.29, 0.717) is 0 Å². The summed E-state index contributed by atoms with van der Waals surface area (Å²) in [6.45, 7) is 0. The predicted octanol–water partition coefficient (Wildman–Crippen LogP) is 8.36. The van der Waals surface area contributed by atoms with E-state index in [0.717, 1.165) is 0 Å². The number of thiophene rings is 4. The summed E-state index contributed by atoms with van der Waals surface area (Å²) in [6, 6.07) is 24.1. The molecule has 0 unspecified atom stereocenters. The smallest absolute Gasteiger partial charge is 0.0711 e. The van der Waals surface area contributed by atoms with Gasteiger partial charge in [-0.2, -0.15) is 0 Å². The largest absolute Gasteiger partial charge is 0.307 e. The van der Waals surface area contributed by atoms with Crippen molar-refractivity contribution >= 4 is 65.8 Å². The SMILES string of the molecule is c1ccc(-n2c3cc(-c4cccs4)sc3c3sc(-c4cccs4)cc32)cc1. The highest BCUT2D eigenvalue weighted by atomic mass is 32.1. The Morgan fingerprint density at radius 1 is 0.556 bits per heavy atom. The summed E-state index contributed by atoms with van der Waals surface area (Å²) in [5.41, 5.74) is 3.85. The van der Waals surface area contributed by atoms with Crippen LogP contribution in [0.5, 0.6) is 0 Å². The van der Waals surface area contributed by atoms with Gasteiger partial charge in [-0.3, -0.25) is 0 Å². The molecule has 130 valence electrons. The maximum atomic E-state index is 2.42. The van der Waals surface area contributed by atoms with Crippen LogP contribution in [0.3, 0.4) is 0 Å². The van der Waals surface area contributed by atoms with E-state index in [1.807, 2.05) is 45.3 Å². The monoisotopic (exact) mass is 419 g/mol. The molecule has 0 bridgehead atoms. The molecule has 0 radical (unpaired) electrons. The fraction of sp³-hybridized carbons (Fsp3) is 0. The van der Waals surface area contributed by atoms with Crippen LogP contribution in [0.4, 0.5) is 0 Å². The molecular weight excluding hydrogens is 407 g/mol. The Balaban J connectivity index is 1.69. The second-order valence-electron chi connectivity index (χ2n) is 6.28. The minimum atomic E-state index is 1.23. The molecule has 6 rings (SSSR count). The molecule has 0 aliphatic rings. The van der Waals surface area contributed by atoms with E-state index < -0.39 is 0 Å². The summed E-state index contributed by atoms with van der Waals surface area (Å²) in [5.74, 6) is 0. The third kappa shape index (κ3) is 2.47. The van der Waals surface area contributed by atoms with Gasteiger partial charge in [0.25, 0.3) is 0 Å². The first-order valence-corrected chi connectivity index (χ1v) is 12.0. The van der Waals surface area contributed by atoms with E-state index in [1.165, 1.54) is 45.6 Å². The maximum absolute atomic E-state index is 2.42. The highest BCUT2D eigenvalue weighted by molar-refractivity contribution is 7.32. The van der Waals surface area contributed by atoms with Gasteiger partial charge in [-0.05, 0) is 47.2 Å². The van der Waals surface area contributed by atoms with Gasteiger partial charge in [-0.25, -0.2) is 0 Å². The Morgan fingerprint density at radius 3 is 1.59 bits per heavy atom. The topological polar surface area (TPSA) is 4.93 Å². The standard InChI is InChI=1S/C22H13NS4/c1-2-6-14(7-3-1)23-15-12-19(17-8-4-10-24-17)26-21(15)22-16(23)13-20(27-22)18-9-5-11-25-18/h1-13H. The third-order valence-electron chi connectivity index (χ3n) is 4.66. The summed E-state index contributed by atoms with van der Waals surface area (Å²) >= 11 is 7.45. The molecule has 5 heteroatoms. The molecule has 1 aromatic carbocycles. The Hall–Kier alpha value is -2.18. The Morgan fingerprint density at radius 2 is 1.11 bits per heavy atom. The number of aromatic nitrogens is 1. The normalized spacial score (nSPS) is 11.7. The lowest BCUT2D eigenvalue weighted by Gasteiger charge is -2.05. The van der Waals surface area contributed by atoms with Crippen LogP contribution in [0.1, 0.15) is 0 Å². The first-order chi connectivity index (χ1) is 13.4. The van der Waals surface area contributed by atoms with Gasteiger partial charge in [0.2, 0.25) is 0 Å². The summed E-state index contributed by atoms with van der Waals surface area (Å²) in [5, 5.41) is 4.31. The highest BCUT2D eigenvalue weighted by Crippen LogP contribution is 2.47. The molecule has 0 spiro atoms. The molecule has 5 aromatic heterocycles. The van der Waals surface area contributed by atoms with E-state index in [9.17, 15) is 0 Å². The molecule has 0 N–H and O–H groups in total. The zero-order chi connectivity index (χ0) is 17.8. The summed E-state index contributed by atoms with van der Waals surface area (Å²) in [4.78, 5) is 5.40. The van der Waals surface area contributed by atoms with E-state index in [-0.39, 0.29) is 0 Å². The number of hydrogen-bond donors (Lipinski definition) is 0. The molecule has 27 heavy (non-hydrogen) atoms. The quantitative estimate of drug-likeness (QED) is 0.271. The highest BCUT2D eigenvalue weighted by Gasteiger charge is 2.20. The number of benzene rings is 1. The van der Waals surface area contributed by atoms with Gasteiger partial charge in [0.15, 0.2) is 0 Å². The van der Waals surface area contributed by atoms with Gasteiger partial charge in [0, 0.05) is 25.2 Å². The number of para-hydroxylation sites is 1. The Kier molecular flexibility index (Phi) is 3.62. The van der Waals surface area contributed by atoms with Crippen molar-refractivity contribution in [2.24, 2.45) is 0 Å². The van der Waals surface area contributed by atoms with Gasteiger partial charge in [0.1, 0.15) is 0 Å². The molecule has 0 saturated carbocycles. The van der Waals surface area contributed by atoms with Crippen LogP contribution in [0.15, 0.2) is 77.5 Å². The lowest BCUT2D eigenvalue weighted by Crippen LogP contribution is -1.91. The molecule has 6 aromatic rings. The van der Waals surface area contributed by atoms with Crippen LogP contribution in [-0.2, 0) is 0 Å². The average Bonchev–Trinajstić information content (AvgIpc) is 3.48. The first kappa shape index (κ1) is 15.8. The van der Waals surface area contributed by atoms with Crippen molar-refractivity contribution in [2.75, 3.05) is 0 Å². The van der Waals surface area contributed by atoms with Crippen LogP contribution < -0.4 is 0 Å². The minimum Gasteiger partial charge on any atom is -0.307 e. The summed E-state index contributed by atoms with van der Waals surface area (Å²) in [6.07, 6.45) is 0. The molecule has 5 heterocycles. The van der Waals surface area contributed by atoms with Crippen molar-refractivity contribution in [3.8, 4) is 25.2 Å². The third-order valence-corrected chi connectivity index (χ3v) is 9.20. The van der Waals surface area contributed by atoms with Crippen molar-refractivity contribution in [2.45, 2.75) is 0 Å². The van der Waals surface area contributed by atoms with Crippen LogP contribution in [-0.4, -0.2) is 4.57 Å². The molecule has 0 amide bonds. The second kappa shape index (κ2) is 6.17. The summed E-state index contributed by atoms with van der Waals surface area (Å²) in [7, 11) is 0. The van der Waals surface area contributed by atoms with E-state index >= 15 is 0 Å². The Labute approximate surface area is 172 Å². The van der Waals surface area contributed by atoms with Crippen LogP contribution in [0.25, 0.3) is 45.6 Å². The van der Waals surface area contributed by atoms with E-state index in [2.05, 4.69) is 82.1 Å². The fourth-order valence-electron chi connectivity index (χ4n) is 3.49. The molecule has 0 aliphatic carbocycles. The van der Waals surface area contributed by atoms with Gasteiger partial charge in [-0.15, -0.1) is 45.3 Å². The van der Waals surface area contributed by atoms with E-state index in [1.54, 1.807) is 0 Å². The number of hydrogen-bond acceptors (Lipinski definition) is 4. The average molecular weight is 420 g/mol. The first-order valence-electron chi connectivity index (χ1n) is 8.59. The van der Waals surface area contributed by atoms with Gasteiger partial charge >= 0.3 is 0 Å². The zero-order valence-electron chi connectivity index (χ0n) is 14.1. The minimum absolute atomic E-state index is 1.23. The number of nitrogens with zero attached hydrogens (tertiary/aromatic N) is 1. The van der Waals surface area contributed by atoms with Gasteiger partial charge < -0.3 is 4.57 Å². The van der Waals surface area contributed by atoms with Crippen LogP contribution in [0, 0.1) is 0 Å². The van der Waals surface area contributed by atoms with Gasteiger partial charge in [-0.1, -0.05) is 30.3 Å². The van der Waals surface area contributed by atoms with Crippen molar-refractivity contribution < 1.29 is 0 Å². The van der Waals surface area contributed by atoms with Gasteiger partial charge in [0.05, 0.1) is 20.4 Å². The van der Waals surface area contributed by atoms with Crippen LogP contribution in [0.2, 0.25) is 0 Å². The predicted molar refractivity (Wildman–Crippen MR) is 123 cm³/mol. The molecule has 1 nitrogen and oxygen atoms in total. The van der Waals surface area contributed by atoms with Crippen molar-refractivity contribution in [1.29, 1.82) is 0 Å². The maximum Gasteiger partial charge on any atom is 0.0711 e. The molecule has 0 aliphatic heterocycles. The molecular formula is C22H13NS4. The molecule has 0 fully saturated rings. The van der Waals surface area contributed by atoms with Crippen molar-refractivity contribution in [3.63, 3.8) is 0 Å². The van der Waals surface area contributed by atoms with Crippen molar-refractivity contribution in [1.82, 2.24) is 4.57 Å². The fourth-order valence-corrected chi connectivity index (χ4v) is 7.57. The number of fused-ring (bicyclic) bond motifs is 3. The van der Waals surface area contributed by atoms with Crippen molar-refractivity contribution in [3.05, 3.63) is 77.5 Å². The lowest BCUT2D eigenvalue weighted by atomic mass is 10.3. The number of rotatable bonds is 3. The summed E-state index contributed by atoms with van der Waals surface area (Å²) < 4.78 is 5.21. The second-order valence-corrected chi connectivity index (χ2v) is 10.3. The van der Waals surface area contributed by atoms with Crippen LogP contribution >= 0.6 is 45.3 Å². The van der Waals surface area contributed by atoms with E-state index in [4.69, 9.17) is 0 Å². The lowest BCUT2D eigenvalue weighted by molar-refractivity contribution is 1.19. The zero-order valence-corrected chi connectivity index (χ0v) is 17.4. The Bertz CT molecular complexity index is 1260. The molecule has 0 saturated heterocycles.